The highest BCUT2D eigenvalue weighted by atomic mass is 32.1. The van der Waals surface area contributed by atoms with E-state index in [1.54, 1.807) is 11.3 Å². The van der Waals surface area contributed by atoms with Crippen molar-refractivity contribution in [2.24, 2.45) is 5.73 Å². The molecule has 0 radical (unpaired) electrons. The summed E-state index contributed by atoms with van der Waals surface area (Å²) in [6, 6.07) is 11.2. The maximum Gasteiger partial charge on any atom is 0.319 e. The Hall–Kier alpha value is -1.85. The third kappa shape index (κ3) is 4.08. The van der Waals surface area contributed by atoms with E-state index >= 15 is 0 Å². The minimum absolute atomic E-state index is 0.0454. The fraction of sp³-hybridized carbons (Fsp3) is 0.214. The molecule has 1 aromatic heterocycles. The molecule has 2 amide bonds. The lowest BCUT2D eigenvalue weighted by Gasteiger charge is -2.10. The highest BCUT2D eigenvalue weighted by Crippen LogP contribution is 2.15. The Labute approximate surface area is 116 Å². The van der Waals surface area contributed by atoms with Crippen LogP contribution in [-0.2, 0) is 6.54 Å². The average molecular weight is 275 g/mol. The first-order chi connectivity index (χ1) is 9.15. The van der Waals surface area contributed by atoms with Crippen molar-refractivity contribution in [2.45, 2.75) is 19.5 Å². The third-order valence-electron chi connectivity index (χ3n) is 2.67. The van der Waals surface area contributed by atoms with Crippen LogP contribution in [0.2, 0.25) is 0 Å². The van der Waals surface area contributed by atoms with E-state index in [2.05, 4.69) is 10.6 Å². The molecule has 2 aromatic rings. The van der Waals surface area contributed by atoms with Gasteiger partial charge in [-0.05, 0) is 36.1 Å². The standard InChI is InChI=1S/C14H17N3OS/c1-10(15)11-4-2-5-12(8-11)17-14(18)16-9-13-6-3-7-19-13/h2-8,10H,9,15H2,1H3,(H2,16,17,18). The molecule has 0 aliphatic rings. The Kier molecular flexibility index (Phi) is 4.54. The van der Waals surface area contributed by atoms with Gasteiger partial charge in [-0.2, -0.15) is 0 Å². The predicted molar refractivity (Wildman–Crippen MR) is 79.2 cm³/mol. The summed E-state index contributed by atoms with van der Waals surface area (Å²) in [5, 5.41) is 7.60. The molecular formula is C14H17N3OS. The van der Waals surface area contributed by atoms with Gasteiger partial charge in [0.15, 0.2) is 0 Å². The van der Waals surface area contributed by atoms with Gasteiger partial charge in [-0.15, -0.1) is 11.3 Å². The van der Waals surface area contributed by atoms with Crippen LogP contribution in [-0.4, -0.2) is 6.03 Å². The number of anilines is 1. The summed E-state index contributed by atoms with van der Waals surface area (Å²) in [7, 11) is 0. The molecule has 0 spiro atoms. The summed E-state index contributed by atoms with van der Waals surface area (Å²) in [6.07, 6.45) is 0. The molecule has 0 bridgehead atoms. The topological polar surface area (TPSA) is 67.1 Å². The molecule has 2 rings (SSSR count). The Morgan fingerprint density at radius 3 is 2.89 bits per heavy atom. The smallest absolute Gasteiger partial charge is 0.319 e. The number of nitrogens with two attached hydrogens (primary N) is 1. The van der Waals surface area contributed by atoms with Gasteiger partial charge in [0.2, 0.25) is 0 Å². The summed E-state index contributed by atoms with van der Waals surface area (Å²) >= 11 is 1.62. The molecule has 1 unspecified atom stereocenters. The lowest BCUT2D eigenvalue weighted by atomic mass is 10.1. The fourth-order valence-corrected chi connectivity index (χ4v) is 2.30. The van der Waals surface area contributed by atoms with Crippen molar-refractivity contribution in [3.63, 3.8) is 0 Å². The molecular weight excluding hydrogens is 258 g/mol. The minimum Gasteiger partial charge on any atom is -0.333 e. The van der Waals surface area contributed by atoms with E-state index in [0.29, 0.717) is 6.54 Å². The number of hydrogen-bond donors (Lipinski definition) is 3. The first-order valence-electron chi connectivity index (χ1n) is 6.08. The minimum atomic E-state index is -0.213. The van der Waals surface area contributed by atoms with Gasteiger partial charge in [0.05, 0.1) is 6.54 Å². The number of rotatable bonds is 4. The normalized spacial score (nSPS) is 11.9. The molecule has 1 atom stereocenters. The number of benzene rings is 1. The van der Waals surface area contributed by atoms with Gasteiger partial charge in [0.25, 0.3) is 0 Å². The highest BCUT2D eigenvalue weighted by molar-refractivity contribution is 7.09. The summed E-state index contributed by atoms with van der Waals surface area (Å²) < 4.78 is 0. The van der Waals surface area contributed by atoms with Crippen LogP contribution < -0.4 is 16.4 Å². The van der Waals surface area contributed by atoms with Crippen LogP contribution in [0.15, 0.2) is 41.8 Å². The predicted octanol–water partition coefficient (Wildman–Crippen LogP) is 3.09. The lowest BCUT2D eigenvalue weighted by Crippen LogP contribution is -2.27. The van der Waals surface area contributed by atoms with Crippen LogP contribution in [0.1, 0.15) is 23.4 Å². The maximum atomic E-state index is 11.7. The van der Waals surface area contributed by atoms with Gasteiger partial charge in [-0.1, -0.05) is 18.2 Å². The van der Waals surface area contributed by atoms with E-state index in [1.807, 2.05) is 48.7 Å². The maximum absolute atomic E-state index is 11.7. The van der Waals surface area contributed by atoms with Crippen molar-refractivity contribution in [2.75, 3.05) is 5.32 Å². The summed E-state index contributed by atoms with van der Waals surface area (Å²) in [5.41, 5.74) is 7.55. The molecule has 0 fully saturated rings. The molecule has 0 aliphatic carbocycles. The molecule has 1 aromatic carbocycles. The summed E-state index contributed by atoms with van der Waals surface area (Å²) in [6.45, 7) is 2.45. The second-order valence-corrected chi connectivity index (χ2v) is 5.33. The van der Waals surface area contributed by atoms with Crippen LogP contribution in [0.25, 0.3) is 0 Å². The lowest BCUT2D eigenvalue weighted by molar-refractivity contribution is 0.252. The average Bonchev–Trinajstić information content (AvgIpc) is 2.90. The number of nitrogens with one attached hydrogen (secondary N) is 2. The molecule has 4 nitrogen and oxygen atoms in total. The van der Waals surface area contributed by atoms with Crippen molar-refractivity contribution >= 4 is 23.1 Å². The highest BCUT2D eigenvalue weighted by Gasteiger charge is 2.04. The second-order valence-electron chi connectivity index (χ2n) is 4.30. The van der Waals surface area contributed by atoms with Crippen molar-refractivity contribution in [3.8, 4) is 0 Å². The monoisotopic (exact) mass is 275 g/mol. The number of urea groups is 1. The van der Waals surface area contributed by atoms with Gasteiger partial charge < -0.3 is 16.4 Å². The van der Waals surface area contributed by atoms with Crippen LogP contribution in [0.3, 0.4) is 0 Å². The molecule has 4 N–H and O–H groups in total. The fourth-order valence-electron chi connectivity index (χ4n) is 1.66. The molecule has 0 saturated heterocycles. The van der Waals surface area contributed by atoms with Gasteiger partial charge >= 0.3 is 6.03 Å². The quantitative estimate of drug-likeness (QED) is 0.802. The molecule has 100 valence electrons. The van der Waals surface area contributed by atoms with E-state index in [4.69, 9.17) is 5.73 Å². The number of carbonyl (C=O) groups excluding carboxylic acids is 1. The van der Waals surface area contributed by atoms with E-state index in [0.717, 1.165) is 16.1 Å². The second kappa shape index (κ2) is 6.36. The third-order valence-corrected chi connectivity index (χ3v) is 3.55. The van der Waals surface area contributed by atoms with E-state index in [9.17, 15) is 4.79 Å². The van der Waals surface area contributed by atoms with Gasteiger partial charge in [-0.25, -0.2) is 4.79 Å². The molecule has 19 heavy (non-hydrogen) atoms. The molecule has 0 saturated carbocycles. The Morgan fingerprint density at radius 2 is 2.21 bits per heavy atom. The van der Waals surface area contributed by atoms with Crippen LogP contribution in [0.4, 0.5) is 10.5 Å². The van der Waals surface area contributed by atoms with Crippen molar-refractivity contribution < 1.29 is 4.79 Å². The van der Waals surface area contributed by atoms with Gasteiger partial charge in [0.1, 0.15) is 0 Å². The molecule has 5 heteroatoms. The van der Waals surface area contributed by atoms with Crippen LogP contribution in [0, 0.1) is 0 Å². The summed E-state index contributed by atoms with van der Waals surface area (Å²) in [4.78, 5) is 12.9. The number of amides is 2. The zero-order chi connectivity index (χ0) is 13.7. The Morgan fingerprint density at radius 1 is 1.37 bits per heavy atom. The van der Waals surface area contributed by atoms with E-state index in [-0.39, 0.29) is 12.1 Å². The first-order valence-corrected chi connectivity index (χ1v) is 6.96. The molecule has 1 heterocycles. The van der Waals surface area contributed by atoms with Crippen molar-refractivity contribution in [1.82, 2.24) is 5.32 Å². The van der Waals surface area contributed by atoms with Gasteiger partial charge in [0, 0.05) is 16.6 Å². The van der Waals surface area contributed by atoms with E-state index < -0.39 is 0 Å². The zero-order valence-electron chi connectivity index (χ0n) is 10.7. The van der Waals surface area contributed by atoms with Crippen LogP contribution >= 0.6 is 11.3 Å². The summed E-state index contributed by atoms with van der Waals surface area (Å²) in [5.74, 6) is 0. The Bertz CT molecular complexity index is 537. The zero-order valence-corrected chi connectivity index (χ0v) is 11.5. The Balaban J connectivity index is 1.89. The van der Waals surface area contributed by atoms with Crippen LogP contribution in [0.5, 0.6) is 0 Å². The number of thiophene rings is 1. The SMILES string of the molecule is CC(N)c1cccc(NC(=O)NCc2cccs2)c1. The number of hydrogen-bond acceptors (Lipinski definition) is 3. The molecule has 0 aliphatic heterocycles. The first kappa shape index (κ1) is 13.6. The number of carbonyl (C=O) groups is 1. The van der Waals surface area contributed by atoms with Gasteiger partial charge in [-0.3, -0.25) is 0 Å². The van der Waals surface area contributed by atoms with Crippen molar-refractivity contribution in [3.05, 3.63) is 52.2 Å². The van der Waals surface area contributed by atoms with E-state index in [1.165, 1.54) is 0 Å². The largest absolute Gasteiger partial charge is 0.333 e. The van der Waals surface area contributed by atoms with Crippen molar-refractivity contribution in [1.29, 1.82) is 0 Å².